The molecule has 5 heteroatoms. The highest BCUT2D eigenvalue weighted by Gasteiger charge is 2.15. The van der Waals surface area contributed by atoms with Gasteiger partial charge in [-0.1, -0.05) is 12.1 Å². The summed E-state index contributed by atoms with van der Waals surface area (Å²) in [7, 11) is 0. The highest BCUT2D eigenvalue weighted by atomic mass is 19.1. The van der Waals surface area contributed by atoms with Crippen LogP contribution in [0.4, 0.5) is 15.8 Å². The van der Waals surface area contributed by atoms with E-state index in [2.05, 4.69) is 10.2 Å². The summed E-state index contributed by atoms with van der Waals surface area (Å²) in [6, 6.07) is 13.4. The third kappa shape index (κ3) is 4.25. The van der Waals surface area contributed by atoms with E-state index in [1.54, 1.807) is 0 Å². The molecule has 1 saturated heterocycles. The summed E-state index contributed by atoms with van der Waals surface area (Å²) in [4.78, 5) is 14.5. The van der Waals surface area contributed by atoms with Gasteiger partial charge in [-0.05, 0) is 55.7 Å². The van der Waals surface area contributed by atoms with E-state index < -0.39 is 0 Å². The molecule has 1 fully saturated rings. The zero-order valence-electron chi connectivity index (χ0n) is 13.5. The SMILES string of the molecule is O=C(COc1ccc(F)cc1)Nc1ccccc1N1CCCCC1. The Labute approximate surface area is 141 Å². The second-order valence-electron chi connectivity index (χ2n) is 5.86. The lowest BCUT2D eigenvalue weighted by atomic mass is 10.1. The monoisotopic (exact) mass is 328 g/mol. The quantitative estimate of drug-likeness (QED) is 0.907. The van der Waals surface area contributed by atoms with E-state index in [1.165, 1.54) is 43.5 Å². The van der Waals surface area contributed by atoms with Crippen LogP contribution in [0.3, 0.4) is 0 Å². The van der Waals surface area contributed by atoms with Crippen molar-refractivity contribution in [3.8, 4) is 5.75 Å². The van der Waals surface area contributed by atoms with Crippen molar-refractivity contribution < 1.29 is 13.9 Å². The van der Waals surface area contributed by atoms with Gasteiger partial charge in [0.1, 0.15) is 11.6 Å². The average molecular weight is 328 g/mol. The summed E-state index contributed by atoms with van der Waals surface area (Å²) in [5.41, 5.74) is 1.85. The summed E-state index contributed by atoms with van der Waals surface area (Å²) in [5, 5.41) is 2.91. The van der Waals surface area contributed by atoms with Gasteiger partial charge in [0, 0.05) is 13.1 Å². The molecule has 0 saturated carbocycles. The van der Waals surface area contributed by atoms with Gasteiger partial charge in [0.25, 0.3) is 5.91 Å². The van der Waals surface area contributed by atoms with Gasteiger partial charge in [-0.15, -0.1) is 0 Å². The molecule has 0 unspecified atom stereocenters. The molecule has 0 atom stereocenters. The Morgan fingerprint density at radius 2 is 1.75 bits per heavy atom. The van der Waals surface area contributed by atoms with Gasteiger partial charge < -0.3 is 15.0 Å². The van der Waals surface area contributed by atoms with Crippen molar-refractivity contribution >= 4 is 17.3 Å². The first kappa shape index (κ1) is 16.3. The molecular weight excluding hydrogens is 307 g/mol. The van der Waals surface area contributed by atoms with Gasteiger partial charge in [-0.3, -0.25) is 4.79 Å². The van der Waals surface area contributed by atoms with Gasteiger partial charge in [0.05, 0.1) is 11.4 Å². The summed E-state index contributed by atoms with van der Waals surface area (Å²) < 4.78 is 18.2. The van der Waals surface area contributed by atoms with Crippen molar-refractivity contribution in [2.45, 2.75) is 19.3 Å². The van der Waals surface area contributed by atoms with Crippen LogP contribution in [0.2, 0.25) is 0 Å². The minimum Gasteiger partial charge on any atom is -0.484 e. The number of halogens is 1. The summed E-state index contributed by atoms with van der Waals surface area (Å²) in [5.74, 6) is -0.0955. The highest BCUT2D eigenvalue weighted by molar-refractivity contribution is 5.95. The number of carbonyl (C=O) groups is 1. The zero-order valence-corrected chi connectivity index (χ0v) is 13.5. The van der Waals surface area contributed by atoms with Crippen molar-refractivity contribution in [2.24, 2.45) is 0 Å². The van der Waals surface area contributed by atoms with E-state index in [0.717, 1.165) is 24.5 Å². The fourth-order valence-corrected chi connectivity index (χ4v) is 2.86. The van der Waals surface area contributed by atoms with Crippen LogP contribution in [-0.2, 0) is 4.79 Å². The van der Waals surface area contributed by atoms with Crippen LogP contribution in [0.1, 0.15) is 19.3 Å². The number of para-hydroxylation sites is 2. The molecule has 0 aliphatic carbocycles. The molecule has 0 aromatic heterocycles. The van der Waals surface area contributed by atoms with Gasteiger partial charge in [-0.25, -0.2) is 4.39 Å². The fourth-order valence-electron chi connectivity index (χ4n) is 2.86. The van der Waals surface area contributed by atoms with Crippen molar-refractivity contribution in [3.05, 3.63) is 54.3 Å². The van der Waals surface area contributed by atoms with Crippen molar-refractivity contribution in [1.29, 1.82) is 0 Å². The van der Waals surface area contributed by atoms with Gasteiger partial charge in [0.15, 0.2) is 6.61 Å². The minimum atomic E-state index is -0.331. The van der Waals surface area contributed by atoms with E-state index in [4.69, 9.17) is 4.74 Å². The van der Waals surface area contributed by atoms with Crippen LogP contribution in [0.5, 0.6) is 5.75 Å². The number of carbonyl (C=O) groups excluding carboxylic acids is 1. The molecular formula is C19H21FN2O2. The topological polar surface area (TPSA) is 41.6 Å². The second-order valence-corrected chi connectivity index (χ2v) is 5.86. The zero-order chi connectivity index (χ0) is 16.8. The number of rotatable bonds is 5. The minimum absolute atomic E-state index is 0.111. The molecule has 1 aliphatic heterocycles. The lowest BCUT2D eigenvalue weighted by Gasteiger charge is -2.30. The molecule has 1 heterocycles. The van der Waals surface area contributed by atoms with E-state index in [1.807, 2.05) is 24.3 Å². The van der Waals surface area contributed by atoms with Gasteiger partial charge in [0.2, 0.25) is 0 Å². The maximum atomic E-state index is 12.9. The molecule has 24 heavy (non-hydrogen) atoms. The molecule has 126 valence electrons. The fraction of sp³-hybridized carbons (Fsp3) is 0.316. The van der Waals surface area contributed by atoms with Crippen LogP contribution in [0.25, 0.3) is 0 Å². The lowest BCUT2D eigenvalue weighted by molar-refractivity contribution is -0.118. The lowest BCUT2D eigenvalue weighted by Crippen LogP contribution is -2.30. The second kappa shape index (κ2) is 7.81. The van der Waals surface area contributed by atoms with E-state index in [9.17, 15) is 9.18 Å². The Kier molecular flexibility index (Phi) is 5.31. The number of amides is 1. The first-order valence-electron chi connectivity index (χ1n) is 8.24. The normalized spacial score (nSPS) is 14.3. The number of hydrogen-bond acceptors (Lipinski definition) is 3. The first-order valence-corrected chi connectivity index (χ1v) is 8.24. The third-order valence-electron chi connectivity index (χ3n) is 4.06. The standard InChI is InChI=1S/C19H21FN2O2/c20-15-8-10-16(11-9-15)24-14-19(23)21-17-6-2-3-7-18(17)22-12-4-1-5-13-22/h2-3,6-11H,1,4-5,12-14H2,(H,21,23). The first-order chi connectivity index (χ1) is 11.7. The number of nitrogens with zero attached hydrogens (tertiary/aromatic N) is 1. The number of benzene rings is 2. The largest absolute Gasteiger partial charge is 0.484 e. The molecule has 1 N–H and O–H groups in total. The Bertz CT molecular complexity index is 682. The smallest absolute Gasteiger partial charge is 0.262 e. The Morgan fingerprint density at radius 1 is 1.04 bits per heavy atom. The molecule has 3 rings (SSSR count). The number of ether oxygens (including phenoxy) is 1. The van der Waals surface area contributed by atoms with Crippen LogP contribution in [0.15, 0.2) is 48.5 Å². The van der Waals surface area contributed by atoms with Gasteiger partial charge >= 0.3 is 0 Å². The maximum Gasteiger partial charge on any atom is 0.262 e. The van der Waals surface area contributed by atoms with Gasteiger partial charge in [-0.2, -0.15) is 0 Å². The molecule has 0 spiro atoms. The number of hydrogen-bond donors (Lipinski definition) is 1. The van der Waals surface area contributed by atoms with Crippen LogP contribution < -0.4 is 15.0 Å². The van der Waals surface area contributed by atoms with E-state index in [-0.39, 0.29) is 18.3 Å². The number of nitrogens with one attached hydrogen (secondary N) is 1. The summed E-state index contributed by atoms with van der Waals surface area (Å²) in [6.45, 7) is 1.91. The molecule has 1 amide bonds. The predicted molar refractivity (Wildman–Crippen MR) is 93.0 cm³/mol. The molecule has 4 nitrogen and oxygen atoms in total. The molecule has 1 aliphatic rings. The third-order valence-corrected chi connectivity index (χ3v) is 4.06. The molecule has 0 radical (unpaired) electrons. The number of piperidine rings is 1. The molecule has 0 bridgehead atoms. The summed E-state index contributed by atoms with van der Waals surface area (Å²) in [6.07, 6.45) is 3.61. The predicted octanol–water partition coefficient (Wildman–Crippen LogP) is 3.83. The summed E-state index contributed by atoms with van der Waals surface area (Å²) >= 11 is 0. The van der Waals surface area contributed by atoms with Crippen LogP contribution in [-0.4, -0.2) is 25.6 Å². The van der Waals surface area contributed by atoms with Crippen LogP contribution in [0, 0.1) is 5.82 Å². The van der Waals surface area contributed by atoms with Crippen molar-refractivity contribution in [2.75, 3.05) is 29.9 Å². The van der Waals surface area contributed by atoms with Crippen LogP contribution >= 0.6 is 0 Å². The number of anilines is 2. The Morgan fingerprint density at radius 3 is 2.50 bits per heavy atom. The highest BCUT2D eigenvalue weighted by Crippen LogP contribution is 2.28. The van der Waals surface area contributed by atoms with E-state index >= 15 is 0 Å². The Balaban J connectivity index is 1.60. The average Bonchev–Trinajstić information content (AvgIpc) is 2.62. The maximum absolute atomic E-state index is 12.9. The molecule has 2 aromatic carbocycles. The molecule has 2 aromatic rings. The van der Waals surface area contributed by atoms with Crippen molar-refractivity contribution in [1.82, 2.24) is 0 Å². The Hall–Kier alpha value is -2.56. The van der Waals surface area contributed by atoms with Crippen molar-refractivity contribution in [3.63, 3.8) is 0 Å². The van der Waals surface area contributed by atoms with E-state index in [0.29, 0.717) is 5.75 Å².